The van der Waals surface area contributed by atoms with Crippen LogP contribution in [0.2, 0.25) is 0 Å². The molecule has 0 aromatic carbocycles. The fourth-order valence-electron chi connectivity index (χ4n) is 1.48. The van der Waals surface area contributed by atoms with Crippen LogP contribution in [-0.4, -0.2) is 36.6 Å². The predicted octanol–water partition coefficient (Wildman–Crippen LogP) is 2.27. The van der Waals surface area contributed by atoms with E-state index in [4.69, 9.17) is 0 Å². The zero-order valence-corrected chi connectivity index (χ0v) is 10.2. The van der Waals surface area contributed by atoms with Crippen LogP contribution in [0.25, 0.3) is 0 Å². The average Bonchev–Trinajstić information content (AvgIpc) is 2.14. The summed E-state index contributed by atoms with van der Waals surface area (Å²) in [6, 6.07) is 1.17. The third-order valence-electron chi connectivity index (χ3n) is 2.32. The van der Waals surface area contributed by atoms with E-state index in [1.54, 1.807) is 0 Å². The van der Waals surface area contributed by atoms with Crippen molar-refractivity contribution in [3.8, 4) is 0 Å². The average molecular weight is 198 g/mol. The molecular formula is C12H26N2. The number of nitrogens with one attached hydrogen (secondary N) is 1. The Morgan fingerprint density at radius 3 is 2.43 bits per heavy atom. The molecule has 0 heterocycles. The summed E-state index contributed by atoms with van der Waals surface area (Å²) >= 11 is 0. The molecule has 0 fully saturated rings. The Kier molecular flexibility index (Phi) is 7.81. The molecule has 0 rings (SSSR count). The Bertz CT molecular complexity index is 143. The van der Waals surface area contributed by atoms with Crippen molar-refractivity contribution in [2.45, 2.75) is 46.2 Å². The molecule has 1 N–H and O–H groups in total. The van der Waals surface area contributed by atoms with Gasteiger partial charge in [0.25, 0.3) is 0 Å². The van der Waals surface area contributed by atoms with Gasteiger partial charge in [-0.15, -0.1) is 6.58 Å². The summed E-state index contributed by atoms with van der Waals surface area (Å²) in [4.78, 5) is 2.46. The van der Waals surface area contributed by atoms with E-state index in [0.717, 1.165) is 19.6 Å². The topological polar surface area (TPSA) is 15.3 Å². The lowest BCUT2D eigenvalue weighted by atomic mass is 10.2. The Morgan fingerprint density at radius 2 is 2.00 bits per heavy atom. The van der Waals surface area contributed by atoms with Crippen LogP contribution >= 0.6 is 0 Å². The van der Waals surface area contributed by atoms with Crippen molar-refractivity contribution >= 4 is 0 Å². The molecule has 2 nitrogen and oxygen atoms in total. The third kappa shape index (κ3) is 6.17. The van der Waals surface area contributed by atoms with E-state index in [1.807, 2.05) is 6.08 Å². The Hall–Kier alpha value is -0.340. The smallest absolute Gasteiger partial charge is 0.0195 e. The molecule has 0 aromatic heterocycles. The number of rotatable bonds is 8. The van der Waals surface area contributed by atoms with Gasteiger partial charge in [-0.2, -0.15) is 0 Å². The molecule has 0 radical (unpaired) electrons. The Balaban J connectivity index is 3.86. The summed E-state index contributed by atoms with van der Waals surface area (Å²) in [6.45, 7) is 15.9. The molecular weight excluding hydrogens is 172 g/mol. The fraction of sp³-hybridized carbons (Fsp3) is 0.833. The van der Waals surface area contributed by atoms with E-state index in [-0.39, 0.29) is 0 Å². The van der Waals surface area contributed by atoms with Crippen molar-refractivity contribution in [1.29, 1.82) is 0 Å². The second kappa shape index (κ2) is 8.01. The molecule has 0 saturated carbocycles. The van der Waals surface area contributed by atoms with Gasteiger partial charge in [-0.05, 0) is 19.9 Å². The SMILES string of the molecule is C=CCN(CCC)C(C)CNC(C)C. The van der Waals surface area contributed by atoms with Crippen molar-refractivity contribution in [3.63, 3.8) is 0 Å². The maximum Gasteiger partial charge on any atom is 0.0195 e. The van der Waals surface area contributed by atoms with Crippen LogP contribution < -0.4 is 5.32 Å². The molecule has 0 aromatic rings. The van der Waals surface area contributed by atoms with Crippen molar-refractivity contribution in [1.82, 2.24) is 10.2 Å². The summed E-state index contributed by atoms with van der Waals surface area (Å²) < 4.78 is 0. The lowest BCUT2D eigenvalue weighted by Gasteiger charge is -2.28. The van der Waals surface area contributed by atoms with E-state index in [2.05, 4.69) is 44.5 Å². The summed E-state index contributed by atoms with van der Waals surface area (Å²) in [6.07, 6.45) is 3.20. The first-order valence-corrected chi connectivity index (χ1v) is 5.70. The Morgan fingerprint density at radius 1 is 1.36 bits per heavy atom. The second-order valence-electron chi connectivity index (χ2n) is 4.20. The van der Waals surface area contributed by atoms with Gasteiger partial charge in [0, 0.05) is 25.2 Å². The van der Waals surface area contributed by atoms with Crippen molar-refractivity contribution in [2.24, 2.45) is 0 Å². The van der Waals surface area contributed by atoms with Gasteiger partial charge in [0.05, 0.1) is 0 Å². The standard InChI is InChI=1S/C12H26N2/c1-6-8-14(9-7-2)12(5)10-13-11(3)4/h6,11-13H,1,7-10H2,2-5H3. The first-order valence-electron chi connectivity index (χ1n) is 5.70. The van der Waals surface area contributed by atoms with Crippen molar-refractivity contribution < 1.29 is 0 Å². The summed E-state index contributed by atoms with van der Waals surface area (Å²) in [5, 5.41) is 3.47. The summed E-state index contributed by atoms with van der Waals surface area (Å²) in [5.74, 6) is 0. The monoisotopic (exact) mass is 198 g/mol. The lowest BCUT2D eigenvalue weighted by molar-refractivity contribution is 0.223. The lowest BCUT2D eigenvalue weighted by Crippen LogP contribution is -2.42. The highest BCUT2D eigenvalue weighted by Gasteiger charge is 2.10. The summed E-state index contributed by atoms with van der Waals surface area (Å²) in [7, 11) is 0. The number of hydrogen-bond acceptors (Lipinski definition) is 2. The van der Waals surface area contributed by atoms with Gasteiger partial charge in [0.2, 0.25) is 0 Å². The molecule has 0 spiro atoms. The molecule has 1 unspecified atom stereocenters. The second-order valence-corrected chi connectivity index (χ2v) is 4.20. The largest absolute Gasteiger partial charge is 0.313 e. The number of hydrogen-bond donors (Lipinski definition) is 1. The van der Waals surface area contributed by atoms with Crippen LogP contribution in [0.5, 0.6) is 0 Å². The first-order chi connectivity index (χ1) is 6.61. The highest BCUT2D eigenvalue weighted by atomic mass is 15.2. The molecule has 0 amide bonds. The van der Waals surface area contributed by atoms with E-state index in [1.165, 1.54) is 6.42 Å². The minimum absolute atomic E-state index is 0.574. The third-order valence-corrected chi connectivity index (χ3v) is 2.32. The van der Waals surface area contributed by atoms with Crippen LogP contribution in [0.15, 0.2) is 12.7 Å². The quantitative estimate of drug-likeness (QED) is 0.602. The van der Waals surface area contributed by atoms with E-state index < -0.39 is 0 Å². The van der Waals surface area contributed by atoms with Crippen LogP contribution in [0, 0.1) is 0 Å². The minimum Gasteiger partial charge on any atom is -0.313 e. The molecule has 2 heteroatoms. The van der Waals surface area contributed by atoms with Gasteiger partial charge in [0.1, 0.15) is 0 Å². The molecule has 14 heavy (non-hydrogen) atoms. The van der Waals surface area contributed by atoms with Crippen LogP contribution in [0.1, 0.15) is 34.1 Å². The Labute approximate surface area is 89.4 Å². The van der Waals surface area contributed by atoms with Crippen LogP contribution in [0.3, 0.4) is 0 Å². The van der Waals surface area contributed by atoms with E-state index in [0.29, 0.717) is 12.1 Å². The minimum atomic E-state index is 0.574. The molecule has 0 aliphatic carbocycles. The maximum absolute atomic E-state index is 3.80. The highest BCUT2D eigenvalue weighted by Crippen LogP contribution is 2.00. The predicted molar refractivity (Wildman–Crippen MR) is 64.7 cm³/mol. The molecule has 0 aliphatic heterocycles. The number of nitrogens with zero attached hydrogens (tertiary/aromatic N) is 1. The van der Waals surface area contributed by atoms with Gasteiger partial charge in [-0.25, -0.2) is 0 Å². The first kappa shape index (κ1) is 13.7. The van der Waals surface area contributed by atoms with Crippen molar-refractivity contribution in [3.05, 3.63) is 12.7 Å². The van der Waals surface area contributed by atoms with Crippen LogP contribution in [-0.2, 0) is 0 Å². The van der Waals surface area contributed by atoms with E-state index in [9.17, 15) is 0 Å². The van der Waals surface area contributed by atoms with Gasteiger partial charge in [-0.3, -0.25) is 4.90 Å². The summed E-state index contributed by atoms with van der Waals surface area (Å²) in [5.41, 5.74) is 0. The van der Waals surface area contributed by atoms with Gasteiger partial charge >= 0.3 is 0 Å². The molecule has 84 valence electrons. The van der Waals surface area contributed by atoms with Gasteiger partial charge in [-0.1, -0.05) is 26.8 Å². The van der Waals surface area contributed by atoms with E-state index >= 15 is 0 Å². The van der Waals surface area contributed by atoms with Crippen LogP contribution in [0.4, 0.5) is 0 Å². The van der Waals surface area contributed by atoms with Gasteiger partial charge < -0.3 is 5.32 Å². The fourth-order valence-corrected chi connectivity index (χ4v) is 1.48. The normalized spacial score (nSPS) is 13.6. The molecule has 0 saturated heterocycles. The zero-order chi connectivity index (χ0) is 11.0. The highest BCUT2D eigenvalue weighted by molar-refractivity contribution is 4.78. The van der Waals surface area contributed by atoms with Crippen molar-refractivity contribution in [2.75, 3.05) is 19.6 Å². The molecule has 0 aliphatic rings. The molecule has 1 atom stereocenters. The molecule has 0 bridgehead atoms. The van der Waals surface area contributed by atoms with Gasteiger partial charge in [0.15, 0.2) is 0 Å². The maximum atomic E-state index is 3.80. The zero-order valence-electron chi connectivity index (χ0n) is 10.2.